The Morgan fingerprint density at radius 3 is 2.47 bits per heavy atom. The molecule has 0 N–H and O–H groups in total. The van der Waals surface area contributed by atoms with Gasteiger partial charge >= 0.3 is 11.9 Å². The minimum atomic E-state index is -0.595. The van der Waals surface area contributed by atoms with Crippen molar-refractivity contribution < 1.29 is 4.79 Å². The second-order valence-electron chi connectivity index (χ2n) is 3.57. The third-order valence-corrected chi connectivity index (χ3v) is 2.15. The van der Waals surface area contributed by atoms with Crippen LogP contribution in [-0.4, -0.2) is 30.9 Å². The maximum absolute atomic E-state index is 11.6. The van der Waals surface area contributed by atoms with E-state index in [1.54, 1.807) is 14.1 Å². The fraction of sp³-hybridized carbons (Fsp3) is 0.333. The van der Waals surface area contributed by atoms with Gasteiger partial charge in [-0.25, -0.2) is 6.57 Å². The summed E-state index contributed by atoms with van der Waals surface area (Å²) in [6.07, 6.45) is 0.487. The average Bonchev–Trinajstić information content (AvgIpc) is 2.26. The standard InChI is InChI=1S/C12H14N2O/c1-13-11(12(15)14(2)3)9-10-7-5-4-6-8-10/h4-8,11H,9H2,2-3H3. The molecule has 0 spiro atoms. The van der Waals surface area contributed by atoms with E-state index in [1.807, 2.05) is 30.3 Å². The van der Waals surface area contributed by atoms with Crippen LogP contribution in [0.4, 0.5) is 0 Å². The third kappa shape index (κ3) is 3.10. The van der Waals surface area contributed by atoms with Gasteiger partial charge in [0.15, 0.2) is 0 Å². The Bertz CT molecular complexity index is 365. The number of likely N-dealkylation sites (N-methyl/N-ethyl adjacent to an activating group) is 1. The first-order valence-electron chi connectivity index (χ1n) is 4.77. The summed E-state index contributed by atoms with van der Waals surface area (Å²) < 4.78 is 0. The van der Waals surface area contributed by atoms with Crippen LogP contribution in [0.5, 0.6) is 0 Å². The van der Waals surface area contributed by atoms with Crippen molar-refractivity contribution in [2.45, 2.75) is 12.5 Å². The van der Waals surface area contributed by atoms with Crippen LogP contribution in [0.1, 0.15) is 5.56 Å². The Kier molecular flexibility index (Phi) is 3.87. The van der Waals surface area contributed by atoms with Gasteiger partial charge in [0.2, 0.25) is 0 Å². The minimum Gasteiger partial charge on any atom is -0.342 e. The molecule has 0 aliphatic carbocycles. The van der Waals surface area contributed by atoms with Crippen molar-refractivity contribution in [3.05, 3.63) is 47.3 Å². The molecular formula is C12H14N2O. The van der Waals surface area contributed by atoms with Gasteiger partial charge in [0.05, 0.1) is 6.42 Å². The predicted octanol–water partition coefficient (Wildman–Crippen LogP) is 1.61. The topological polar surface area (TPSA) is 24.7 Å². The Hall–Kier alpha value is -1.82. The molecule has 0 aliphatic rings. The van der Waals surface area contributed by atoms with Gasteiger partial charge in [-0.05, 0) is 5.56 Å². The highest BCUT2D eigenvalue weighted by atomic mass is 16.2. The molecule has 0 heterocycles. The Labute approximate surface area is 90.1 Å². The summed E-state index contributed by atoms with van der Waals surface area (Å²) >= 11 is 0. The third-order valence-electron chi connectivity index (χ3n) is 2.15. The molecule has 1 unspecified atom stereocenters. The molecule has 3 heteroatoms. The van der Waals surface area contributed by atoms with E-state index in [9.17, 15) is 4.79 Å². The highest BCUT2D eigenvalue weighted by Crippen LogP contribution is 2.07. The second-order valence-corrected chi connectivity index (χ2v) is 3.57. The van der Waals surface area contributed by atoms with Gasteiger partial charge in [-0.15, -0.1) is 0 Å². The summed E-state index contributed by atoms with van der Waals surface area (Å²) in [6, 6.07) is 9.02. The highest BCUT2D eigenvalue weighted by Gasteiger charge is 2.25. The molecule has 0 saturated heterocycles. The molecule has 15 heavy (non-hydrogen) atoms. The molecule has 0 saturated carbocycles. The summed E-state index contributed by atoms with van der Waals surface area (Å²) in [5.41, 5.74) is 1.02. The van der Waals surface area contributed by atoms with Crippen molar-refractivity contribution in [1.29, 1.82) is 0 Å². The molecule has 0 bridgehead atoms. The molecule has 0 aromatic heterocycles. The number of hydrogen-bond acceptors (Lipinski definition) is 1. The van der Waals surface area contributed by atoms with Crippen LogP contribution in [0.3, 0.4) is 0 Å². The van der Waals surface area contributed by atoms with Crippen molar-refractivity contribution in [3.63, 3.8) is 0 Å². The Morgan fingerprint density at radius 2 is 2.00 bits per heavy atom. The zero-order valence-corrected chi connectivity index (χ0v) is 8.97. The van der Waals surface area contributed by atoms with Gasteiger partial charge in [0.1, 0.15) is 0 Å². The maximum Gasteiger partial charge on any atom is 0.305 e. The molecule has 0 fully saturated rings. The number of hydrogen-bond donors (Lipinski definition) is 0. The van der Waals surface area contributed by atoms with E-state index >= 15 is 0 Å². The zero-order valence-electron chi connectivity index (χ0n) is 8.97. The number of carbonyl (C=O) groups is 1. The molecular weight excluding hydrogens is 188 g/mol. The van der Waals surface area contributed by atoms with Crippen LogP contribution in [0.25, 0.3) is 4.85 Å². The van der Waals surface area contributed by atoms with Crippen LogP contribution in [-0.2, 0) is 11.2 Å². The monoisotopic (exact) mass is 202 g/mol. The Morgan fingerprint density at radius 1 is 1.40 bits per heavy atom. The van der Waals surface area contributed by atoms with Crippen LogP contribution in [0.2, 0.25) is 0 Å². The maximum atomic E-state index is 11.6. The zero-order chi connectivity index (χ0) is 11.3. The molecule has 0 radical (unpaired) electrons. The van der Waals surface area contributed by atoms with Gasteiger partial charge in [-0.3, -0.25) is 4.79 Å². The number of benzene rings is 1. The fourth-order valence-corrected chi connectivity index (χ4v) is 1.32. The summed E-state index contributed by atoms with van der Waals surface area (Å²) in [6.45, 7) is 7.01. The predicted molar refractivity (Wildman–Crippen MR) is 59.2 cm³/mol. The molecule has 3 nitrogen and oxygen atoms in total. The quantitative estimate of drug-likeness (QED) is 0.683. The van der Waals surface area contributed by atoms with Crippen LogP contribution in [0, 0.1) is 6.57 Å². The lowest BCUT2D eigenvalue weighted by Crippen LogP contribution is -2.32. The van der Waals surface area contributed by atoms with Crippen LogP contribution < -0.4 is 0 Å². The van der Waals surface area contributed by atoms with Crippen LogP contribution >= 0.6 is 0 Å². The van der Waals surface area contributed by atoms with E-state index in [1.165, 1.54) is 4.90 Å². The molecule has 1 atom stereocenters. The number of carbonyl (C=O) groups excluding carboxylic acids is 1. The van der Waals surface area contributed by atoms with Gasteiger partial charge in [0, 0.05) is 14.1 Å². The van der Waals surface area contributed by atoms with Crippen molar-refractivity contribution >= 4 is 5.91 Å². The van der Waals surface area contributed by atoms with E-state index in [4.69, 9.17) is 6.57 Å². The van der Waals surface area contributed by atoms with Crippen molar-refractivity contribution in [2.24, 2.45) is 0 Å². The van der Waals surface area contributed by atoms with Gasteiger partial charge < -0.3 is 9.74 Å². The molecule has 0 aliphatic heterocycles. The molecule has 1 aromatic rings. The van der Waals surface area contributed by atoms with E-state index in [0.29, 0.717) is 6.42 Å². The number of nitrogens with zero attached hydrogens (tertiary/aromatic N) is 2. The first-order chi connectivity index (χ1) is 7.15. The lowest BCUT2D eigenvalue weighted by Gasteiger charge is -2.11. The Balaban J connectivity index is 2.72. The molecule has 1 rings (SSSR count). The lowest BCUT2D eigenvalue weighted by atomic mass is 10.1. The number of amides is 1. The highest BCUT2D eigenvalue weighted by molar-refractivity contribution is 5.83. The fourth-order valence-electron chi connectivity index (χ4n) is 1.32. The largest absolute Gasteiger partial charge is 0.342 e. The summed E-state index contributed by atoms with van der Waals surface area (Å²) in [4.78, 5) is 16.4. The van der Waals surface area contributed by atoms with Crippen molar-refractivity contribution in [3.8, 4) is 0 Å². The normalized spacial score (nSPS) is 11.5. The summed E-state index contributed by atoms with van der Waals surface area (Å²) in [7, 11) is 3.34. The smallest absolute Gasteiger partial charge is 0.305 e. The van der Waals surface area contributed by atoms with E-state index in [2.05, 4.69) is 4.85 Å². The minimum absolute atomic E-state index is 0.131. The van der Waals surface area contributed by atoms with Crippen LogP contribution in [0.15, 0.2) is 30.3 Å². The van der Waals surface area contributed by atoms with Gasteiger partial charge in [-0.2, -0.15) is 0 Å². The molecule has 1 amide bonds. The van der Waals surface area contributed by atoms with Gasteiger partial charge in [-0.1, -0.05) is 30.3 Å². The summed E-state index contributed by atoms with van der Waals surface area (Å²) in [5.74, 6) is -0.131. The summed E-state index contributed by atoms with van der Waals surface area (Å²) in [5, 5.41) is 0. The SMILES string of the molecule is [C-]#[N+]C(Cc1ccccc1)C(=O)N(C)C. The van der Waals surface area contributed by atoms with E-state index in [-0.39, 0.29) is 5.91 Å². The average molecular weight is 202 g/mol. The molecule has 78 valence electrons. The lowest BCUT2D eigenvalue weighted by molar-refractivity contribution is -0.129. The molecule has 1 aromatic carbocycles. The van der Waals surface area contributed by atoms with E-state index < -0.39 is 6.04 Å². The second kappa shape index (κ2) is 5.16. The van der Waals surface area contributed by atoms with Gasteiger partial charge in [0.25, 0.3) is 0 Å². The van der Waals surface area contributed by atoms with Crippen molar-refractivity contribution in [1.82, 2.24) is 4.90 Å². The first-order valence-corrected chi connectivity index (χ1v) is 4.77. The van der Waals surface area contributed by atoms with Crippen molar-refractivity contribution in [2.75, 3.05) is 14.1 Å². The first kappa shape index (κ1) is 11.3. The number of rotatable bonds is 3. The van der Waals surface area contributed by atoms with E-state index in [0.717, 1.165) is 5.56 Å².